The first-order chi connectivity index (χ1) is 14.6. The number of hydrogen-bond donors (Lipinski definition) is 0. The van der Waals surface area contributed by atoms with Gasteiger partial charge in [0.15, 0.2) is 5.76 Å². The van der Waals surface area contributed by atoms with Crippen molar-refractivity contribution in [3.8, 4) is 0 Å². The van der Waals surface area contributed by atoms with Gasteiger partial charge in [0.1, 0.15) is 6.54 Å². The molecule has 1 atom stereocenters. The Morgan fingerprint density at radius 1 is 1.07 bits per heavy atom. The largest absolute Gasteiger partial charge is 0.459 e. The van der Waals surface area contributed by atoms with Crippen LogP contribution in [0.4, 0.5) is 0 Å². The minimum Gasteiger partial charge on any atom is -0.459 e. The molecule has 154 valence electrons. The van der Waals surface area contributed by atoms with Gasteiger partial charge in [0, 0.05) is 31.0 Å². The zero-order chi connectivity index (χ0) is 20.7. The molecule has 0 spiro atoms. The van der Waals surface area contributed by atoms with Gasteiger partial charge in [-0.3, -0.25) is 9.59 Å². The maximum Gasteiger partial charge on any atom is 0.290 e. The normalized spacial score (nSPS) is 18.2. The fourth-order valence-corrected chi connectivity index (χ4v) is 4.28. The Balaban J connectivity index is 1.43. The van der Waals surface area contributed by atoms with Crippen LogP contribution >= 0.6 is 0 Å². The average molecular weight is 403 g/mol. The lowest BCUT2D eigenvalue weighted by Crippen LogP contribution is -2.48. The number of carbonyl (C=O) groups excluding carboxylic acids is 2. The van der Waals surface area contributed by atoms with Crippen LogP contribution in [0.15, 0.2) is 65.4 Å². The smallest absolute Gasteiger partial charge is 0.290 e. The Morgan fingerprint density at radius 3 is 2.57 bits per heavy atom. The van der Waals surface area contributed by atoms with Crippen molar-refractivity contribution in [1.29, 1.82) is 0 Å². The summed E-state index contributed by atoms with van der Waals surface area (Å²) in [6.07, 6.45) is 5.43. The summed E-state index contributed by atoms with van der Waals surface area (Å²) in [5.41, 5.74) is 3.38. The number of nitrogens with zero attached hydrogens (tertiary/aromatic N) is 3. The third-order valence-electron chi connectivity index (χ3n) is 6.04. The molecule has 0 radical (unpaired) electrons. The monoisotopic (exact) mass is 403 g/mol. The lowest BCUT2D eigenvalue weighted by atomic mass is 9.98. The summed E-state index contributed by atoms with van der Waals surface area (Å²) in [7, 11) is 0. The summed E-state index contributed by atoms with van der Waals surface area (Å²) in [5, 5.41) is 0. The molecule has 0 saturated heterocycles. The third-order valence-corrected chi connectivity index (χ3v) is 6.04. The zero-order valence-corrected chi connectivity index (χ0v) is 17.0. The number of aryl methyl sites for hydroxylation is 1. The minimum atomic E-state index is -0.205. The van der Waals surface area contributed by atoms with Crippen LogP contribution < -0.4 is 0 Å². The summed E-state index contributed by atoms with van der Waals surface area (Å²) in [5.74, 6) is 0.0558. The van der Waals surface area contributed by atoms with Crippen molar-refractivity contribution >= 4 is 11.8 Å². The van der Waals surface area contributed by atoms with Crippen LogP contribution in [0, 0.1) is 6.92 Å². The molecular formula is C24H25N3O3. The van der Waals surface area contributed by atoms with Gasteiger partial charge in [-0.1, -0.05) is 29.8 Å². The van der Waals surface area contributed by atoms with E-state index >= 15 is 0 Å². The second kappa shape index (κ2) is 7.52. The van der Waals surface area contributed by atoms with E-state index in [0.29, 0.717) is 6.54 Å². The van der Waals surface area contributed by atoms with Crippen LogP contribution in [-0.4, -0.2) is 45.3 Å². The molecule has 2 amide bonds. The molecule has 2 aliphatic rings. The van der Waals surface area contributed by atoms with Crippen molar-refractivity contribution in [3.05, 3.63) is 83.6 Å². The van der Waals surface area contributed by atoms with E-state index in [2.05, 4.69) is 48.0 Å². The maximum absolute atomic E-state index is 13.5. The number of hydrogen-bond acceptors (Lipinski definition) is 3. The Bertz CT molecular complexity index is 1050. The highest BCUT2D eigenvalue weighted by atomic mass is 16.3. The number of aromatic nitrogens is 1. The van der Waals surface area contributed by atoms with Crippen LogP contribution in [-0.2, 0) is 11.3 Å². The molecular weight excluding hydrogens is 378 g/mol. The summed E-state index contributed by atoms with van der Waals surface area (Å²) in [6.45, 7) is 3.51. The van der Waals surface area contributed by atoms with Crippen molar-refractivity contribution < 1.29 is 14.0 Å². The maximum atomic E-state index is 13.5. The first-order valence-corrected chi connectivity index (χ1v) is 10.5. The van der Waals surface area contributed by atoms with Crippen LogP contribution in [0.2, 0.25) is 0 Å². The van der Waals surface area contributed by atoms with Crippen molar-refractivity contribution in [2.24, 2.45) is 0 Å². The van der Waals surface area contributed by atoms with Gasteiger partial charge >= 0.3 is 0 Å². The predicted molar refractivity (Wildman–Crippen MR) is 112 cm³/mol. The molecule has 0 bridgehead atoms. The average Bonchev–Trinajstić information content (AvgIpc) is 3.24. The van der Waals surface area contributed by atoms with Gasteiger partial charge in [-0.05, 0) is 49.6 Å². The lowest BCUT2D eigenvalue weighted by Gasteiger charge is -2.38. The molecule has 3 aromatic rings. The predicted octanol–water partition coefficient (Wildman–Crippen LogP) is 3.63. The number of fused-ring (bicyclic) bond motifs is 1. The van der Waals surface area contributed by atoms with Crippen LogP contribution in [0.3, 0.4) is 0 Å². The highest BCUT2D eigenvalue weighted by molar-refractivity contribution is 5.94. The summed E-state index contributed by atoms with van der Waals surface area (Å²) in [4.78, 5) is 30.0. The van der Waals surface area contributed by atoms with E-state index in [4.69, 9.17) is 4.42 Å². The van der Waals surface area contributed by atoms with Gasteiger partial charge in [-0.2, -0.15) is 0 Å². The Labute approximate surface area is 175 Å². The molecule has 6 heteroatoms. The second-order valence-electron chi connectivity index (χ2n) is 8.17. The topological polar surface area (TPSA) is 58.7 Å². The van der Waals surface area contributed by atoms with Gasteiger partial charge < -0.3 is 18.8 Å². The van der Waals surface area contributed by atoms with Crippen molar-refractivity contribution in [1.82, 2.24) is 14.4 Å². The number of furan rings is 1. The van der Waals surface area contributed by atoms with E-state index < -0.39 is 0 Å². The quantitative estimate of drug-likeness (QED) is 0.654. The van der Waals surface area contributed by atoms with Gasteiger partial charge in [0.25, 0.3) is 5.91 Å². The molecule has 1 aliphatic heterocycles. The van der Waals surface area contributed by atoms with Gasteiger partial charge in [0.05, 0.1) is 12.3 Å². The highest BCUT2D eigenvalue weighted by Crippen LogP contribution is 2.34. The molecule has 2 aromatic heterocycles. The van der Waals surface area contributed by atoms with Gasteiger partial charge in [-0.15, -0.1) is 0 Å². The van der Waals surface area contributed by atoms with E-state index in [9.17, 15) is 9.59 Å². The van der Waals surface area contributed by atoms with E-state index in [1.54, 1.807) is 17.0 Å². The molecule has 30 heavy (non-hydrogen) atoms. The Morgan fingerprint density at radius 2 is 1.87 bits per heavy atom. The molecule has 6 nitrogen and oxygen atoms in total. The lowest BCUT2D eigenvalue weighted by molar-refractivity contribution is -0.134. The first kappa shape index (κ1) is 18.7. The van der Waals surface area contributed by atoms with E-state index in [0.717, 1.165) is 30.6 Å². The van der Waals surface area contributed by atoms with Crippen molar-refractivity contribution in [2.75, 3.05) is 13.1 Å². The molecule has 1 saturated carbocycles. The SMILES string of the molecule is Cc1ccc([C@H]2c3cccn3CCN2C(=O)CN(C(=O)c2ccco2)C2CC2)cc1. The van der Waals surface area contributed by atoms with Crippen LogP contribution in [0.5, 0.6) is 0 Å². The molecule has 1 aliphatic carbocycles. The number of rotatable bonds is 5. The van der Waals surface area contributed by atoms with E-state index in [1.165, 1.54) is 11.8 Å². The van der Waals surface area contributed by atoms with E-state index in [-0.39, 0.29) is 36.2 Å². The summed E-state index contributed by atoms with van der Waals surface area (Å²) >= 11 is 0. The number of carbonyl (C=O) groups is 2. The van der Waals surface area contributed by atoms with E-state index in [1.807, 2.05) is 11.0 Å². The second-order valence-corrected chi connectivity index (χ2v) is 8.17. The molecule has 1 fully saturated rings. The third kappa shape index (κ3) is 3.43. The minimum absolute atomic E-state index is 0.0279. The van der Waals surface area contributed by atoms with Crippen molar-refractivity contribution in [2.45, 2.75) is 38.4 Å². The number of amides is 2. The molecule has 0 unspecified atom stereocenters. The molecule has 0 N–H and O–H groups in total. The fourth-order valence-electron chi connectivity index (χ4n) is 4.28. The van der Waals surface area contributed by atoms with Crippen LogP contribution in [0.25, 0.3) is 0 Å². The molecule has 1 aromatic carbocycles. The van der Waals surface area contributed by atoms with Crippen LogP contribution in [0.1, 0.15) is 46.3 Å². The Kier molecular flexibility index (Phi) is 4.69. The van der Waals surface area contributed by atoms with Gasteiger partial charge in [-0.25, -0.2) is 0 Å². The molecule has 3 heterocycles. The number of benzene rings is 1. The molecule has 5 rings (SSSR count). The van der Waals surface area contributed by atoms with Crippen molar-refractivity contribution in [3.63, 3.8) is 0 Å². The standard InChI is InChI=1S/C24H25N3O3/c1-17-6-8-18(9-7-17)23-20-4-2-12-25(20)13-14-26(23)22(28)16-27(19-10-11-19)24(29)21-5-3-15-30-21/h2-9,12,15,19,23H,10-11,13-14,16H2,1H3/t23-/m0/s1. The zero-order valence-electron chi connectivity index (χ0n) is 17.0. The summed E-state index contributed by atoms with van der Waals surface area (Å²) in [6, 6.07) is 15.8. The summed E-state index contributed by atoms with van der Waals surface area (Å²) < 4.78 is 7.51. The first-order valence-electron chi connectivity index (χ1n) is 10.5. The fraction of sp³-hybridized carbons (Fsp3) is 0.333. The highest BCUT2D eigenvalue weighted by Gasteiger charge is 2.38. The van der Waals surface area contributed by atoms with Gasteiger partial charge in [0.2, 0.25) is 5.91 Å². The Hall–Kier alpha value is -3.28.